The van der Waals surface area contributed by atoms with E-state index in [1.807, 2.05) is 30.3 Å². The van der Waals surface area contributed by atoms with E-state index < -0.39 is 18.2 Å². The first-order valence-electron chi connectivity index (χ1n) is 7.96. The highest BCUT2D eigenvalue weighted by Gasteiger charge is 2.43. The molecule has 22 heavy (non-hydrogen) atoms. The zero-order chi connectivity index (χ0) is 15.5. The van der Waals surface area contributed by atoms with Gasteiger partial charge in [0, 0.05) is 25.0 Å². The molecule has 5 heteroatoms. The van der Waals surface area contributed by atoms with Crippen LogP contribution in [0, 0.1) is 5.92 Å². The molecule has 2 aliphatic rings. The minimum atomic E-state index is -0.922. The molecule has 0 spiro atoms. The van der Waals surface area contributed by atoms with Gasteiger partial charge in [-0.05, 0) is 24.8 Å². The van der Waals surface area contributed by atoms with Crippen LogP contribution in [0.1, 0.15) is 30.7 Å². The summed E-state index contributed by atoms with van der Waals surface area (Å²) < 4.78 is 5.28. The Morgan fingerprint density at radius 1 is 1.14 bits per heavy atom. The summed E-state index contributed by atoms with van der Waals surface area (Å²) >= 11 is 0. The second-order valence-electron chi connectivity index (χ2n) is 6.23. The van der Waals surface area contributed by atoms with Crippen molar-refractivity contribution >= 4 is 5.91 Å². The number of carbonyl (C=O) groups is 1. The summed E-state index contributed by atoms with van der Waals surface area (Å²) in [5.41, 5.74) is 1.04. The van der Waals surface area contributed by atoms with E-state index in [4.69, 9.17) is 4.74 Å². The predicted octanol–water partition coefficient (Wildman–Crippen LogP) is 0.807. The summed E-state index contributed by atoms with van der Waals surface area (Å²) in [7, 11) is 0. The molecule has 3 N–H and O–H groups in total. The Hall–Kier alpha value is -1.43. The quantitative estimate of drug-likeness (QED) is 0.772. The van der Waals surface area contributed by atoms with Crippen LogP contribution in [-0.2, 0) is 9.53 Å². The molecule has 1 amide bonds. The molecular formula is C17H23NO4. The van der Waals surface area contributed by atoms with Crippen molar-refractivity contribution in [3.63, 3.8) is 0 Å². The van der Waals surface area contributed by atoms with E-state index >= 15 is 0 Å². The zero-order valence-electron chi connectivity index (χ0n) is 12.5. The van der Waals surface area contributed by atoms with E-state index in [0.29, 0.717) is 32.5 Å². The highest BCUT2D eigenvalue weighted by atomic mass is 16.5. The number of carbonyl (C=O) groups excluding carboxylic acids is 1. The minimum absolute atomic E-state index is 0.0395. The first-order chi connectivity index (χ1) is 10.7. The van der Waals surface area contributed by atoms with Crippen LogP contribution in [0.25, 0.3) is 0 Å². The monoisotopic (exact) mass is 305 g/mol. The average molecular weight is 305 g/mol. The maximum atomic E-state index is 12.4. The van der Waals surface area contributed by atoms with Crippen molar-refractivity contribution in [1.29, 1.82) is 0 Å². The molecule has 0 radical (unpaired) electrons. The topological polar surface area (TPSA) is 78.8 Å². The normalized spacial score (nSPS) is 32.8. The predicted molar refractivity (Wildman–Crippen MR) is 81.3 cm³/mol. The van der Waals surface area contributed by atoms with Gasteiger partial charge in [0.25, 0.3) is 0 Å². The molecule has 3 rings (SSSR count). The van der Waals surface area contributed by atoms with Gasteiger partial charge in [-0.15, -0.1) is 0 Å². The SMILES string of the molecule is O=C(N[C@H]1[C@H](O)[C@H](O)C[C@@H]1c1ccccc1)C1CCOCC1. The molecule has 0 bridgehead atoms. The Balaban J connectivity index is 1.72. The summed E-state index contributed by atoms with van der Waals surface area (Å²) in [5, 5.41) is 23.2. The summed E-state index contributed by atoms with van der Waals surface area (Å²) in [4.78, 5) is 12.4. The van der Waals surface area contributed by atoms with Crippen LogP contribution in [0.3, 0.4) is 0 Å². The van der Waals surface area contributed by atoms with E-state index in [9.17, 15) is 15.0 Å². The third kappa shape index (κ3) is 3.16. The van der Waals surface area contributed by atoms with E-state index in [0.717, 1.165) is 5.56 Å². The zero-order valence-corrected chi connectivity index (χ0v) is 12.5. The molecule has 1 aliphatic carbocycles. The van der Waals surface area contributed by atoms with Crippen LogP contribution in [0.2, 0.25) is 0 Å². The Labute approximate surface area is 130 Å². The molecule has 4 atom stereocenters. The molecule has 1 saturated heterocycles. The largest absolute Gasteiger partial charge is 0.390 e. The first-order valence-corrected chi connectivity index (χ1v) is 7.96. The van der Waals surface area contributed by atoms with Gasteiger partial charge in [0.15, 0.2) is 0 Å². The summed E-state index contributed by atoms with van der Waals surface area (Å²) in [6, 6.07) is 9.31. The molecule has 1 saturated carbocycles. The van der Waals surface area contributed by atoms with Gasteiger partial charge in [-0.1, -0.05) is 30.3 Å². The lowest BCUT2D eigenvalue weighted by atomic mass is 9.92. The summed E-state index contributed by atoms with van der Waals surface area (Å²) in [5.74, 6) is -0.160. The standard InChI is InChI=1S/C17H23NO4/c19-14-10-13(11-4-2-1-3-5-11)15(16(14)20)18-17(21)12-6-8-22-9-7-12/h1-5,12-16,19-20H,6-10H2,(H,18,21)/t13-,14-,15-,16-/m1/s1. The highest BCUT2D eigenvalue weighted by Crippen LogP contribution is 2.35. The number of benzene rings is 1. The number of amides is 1. The Kier molecular flexibility index (Phi) is 4.76. The fraction of sp³-hybridized carbons (Fsp3) is 0.588. The van der Waals surface area contributed by atoms with Crippen molar-refractivity contribution in [2.75, 3.05) is 13.2 Å². The van der Waals surface area contributed by atoms with Crippen LogP contribution >= 0.6 is 0 Å². The van der Waals surface area contributed by atoms with E-state index in [1.54, 1.807) is 0 Å². The number of nitrogens with one attached hydrogen (secondary N) is 1. The number of ether oxygens (including phenoxy) is 1. The van der Waals surface area contributed by atoms with Gasteiger partial charge in [0.1, 0.15) is 6.10 Å². The van der Waals surface area contributed by atoms with Gasteiger partial charge in [0.05, 0.1) is 12.1 Å². The van der Waals surface area contributed by atoms with Gasteiger partial charge >= 0.3 is 0 Å². The maximum absolute atomic E-state index is 12.4. The van der Waals surface area contributed by atoms with Gasteiger partial charge < -0.3 is 20.3 Å². The fourth-order valence-electron chi connectivity index (χ4n) is 3.50. The maximum Gasteiger partial charge on any atom is 0.223 e. The van der Waals surface area contributed by atoms with Gasteiger partial charge in [-0.25, -0.2) is 0 Å². The highest BCUT2D eigenvalue weighted by molar-refractivity contribution is 5.79. The second-order valence-corrected chi connectivity index (χ2v) is 6.23. The molecule has 0 unspecified atom stereocenters. The van der Waals surface area contributed by atoms with E-state index in [1.165, 1.54) is 0 Å². The number of rotatable bonds is 3. The van der Waals surface area contributed by atoms with Gasteiger partial charge in [0.2, 0.25) is 5.91 Å². The molecule has 5 nitrogen and oxygen atoms in total. The van der Waals surface area contributed by atoms with Crippen molar-refractivity contribution in [2.24, 2.45) is 5.92 Å². The Bertz CT molecular complexity index is 501. The van der Waals surface area contributed by atoms with Crippen molar-refractivity contribution in [3.8, 4) is 0 Å². The lowest BCUT2D eigenvalue weighted by Crippen LogP contribution is -2.48. The Morgan fingerprint density at radius 3 is 2.50 bits per heavy atom. The Morgan fingerprint density at radius 2 is 1.82 bits per heavy atom. The molecule has 1 aromatic carbocycles. The van der Waals surface area contributed by atoms with E-state index in [2.05, 4.69) is 5.32 Å². The smallest absolute Gasteiger partial charge is 0.223 e. The van der Waals surface area contributed by atoms with Crippen LogP contribution in [-0.4, -0.2) is 47.6 Å². The average Bonchev–Trinajstić information content (AvgIpc) is 2.85. The molecule has 1 aromatic rings. The number of aliphatic hydroxyl groups is 2. The van der Waals surface area contributed by atoms with Crippen molar-refractivity contribution in [3.05, 3.63) is 35.9 Å². The first kappa shape index (κ1) is 15.5. The molecule has 1 aliphatic heterocycles. The van der Waals surface area contributed by atoms with Crippen LogP contribution in [0.5, 0.6) is 0 Å². The van der Waals surface area contributed by atoms with Crippen LogP contribution in [0.15, 0.2) is 30.3 Å². The minimum Gasteiger partial charge on any atom is -0.390 e. The summed E-state index contributed by atoms with van der Waals surface area (Å²) in [6.07, 6.45) is 0.170. The molecule has 120 valence electrons. The third-order valence-electron chi connectivity index (χ3n) is 4.82. The van der Waals surface area contributed by atoms with Crippen molar-refractivity contribution < 1.29 is 19.7 Å². The van der Waals surface area contributed by atoms with Crippen molar-refractivity contribution in [2.45, 2.75) is 43.4 Å². The van der Waals surface area contributed by atoms with Crippen LogP contribution < -0.4 is 5.32 Å². The van der Waals surface area contributed by atoms with Crippen molar-refractivity contribution in [1.82, 2.24) is 5.32 Å². The van der Waals surface area contributed by atoms with Crippen LogP contribution in [0.4, 0.5) is 0 Å². The van der Waals surface area contributed by atoms with Gasteiger partial charge in [-0.3, -0.25) is 4.79 Å². The lowest BCUT2D eigenvalue weighted by molar-refractivity contribution is -0.129. The van der Waals surface area contributed by atoms with E-state index in [-0.39, 0.29) is 17.7 Å². The molecule has 1 heterocycles. The third-order valence-corrected chi connectivity index (χ3v) is 4.82. The summed E-state index contributed by atoms with van der Waals surface area (Å²) in [6.45, 7) is 1.21. The molecule has 2 fully saturated rings. The number of hydrogen-bond acceptors (Lipinski definition) is 4. The lowest BCUT2D eigenvalue weighted by Gasteiger charge is -2.28. The molecular weight excluding hydrogens is 282 g/mol. The molecule has 0 aromatic heterocycles. The number of aliphatic hydroxyl groups excluding tert-OH is 2. The fourth-order valence-corrected chi connectivity index (χ4v) is 3.50. The number of hydrogen-bond donors (Lipinski definition) is 3. The second kappa shape index (κ2) is 6.77. The van der Waals surface area contributed by atoms with Gasteiger partial charge in [-0.2, -0.15) is 0 Å².